The number of benzene rings is 2. The second-order valence-corrected chi connectivity index (χ2v) is 4.21. The van der Waals surface area contributed by atoms with Crippen LogP contribution in [0.3, 0.4) is 0 Å². The van der Waals surface area contributed by atoms with E-state index in [4.69, 9.17) is 0 Å². The van der Waals surface area contributed by atoms with Gasteiger partial charge in [-0.3, -0.25) is 4.79 Å². The average Bonchev–Trinajstić information content (AvgIpc) is 2.47. The van der Waals surface area contributed by atoms with E-state index in [0.29, 0.717) is 5.56 Å². The Morgan fingerprint density at radius 1 is 1.00 bits per heavy atom. The number of hydrogen-bond acceptors (Lipinski definition) is 1. The standard InChI is InChI=1S/C15H16BNO/c1-17-15(18)14-8-6-13(7-9-14)12-4-2-11(10-16)3-5-12/h2-9H,10,16H2,1H3,(H,17,18). The molecule has 0 heterocycles. The van der Waals surface area contributed by atoms with Gasteiger partial charge in [-0.05, 0) is 23.3 Å². The molecule has 0 saturated heterocycles. The molecule has 1 amide bonds. The molecule has 3 heteroatoms. The highest BCUT2D eigenvalue weighted by Gasteiger charge is 2.03. The summed E-state index contributed by atoms with van der Waals surface area (Å²) >= 11 is 0. The molecule has 2 rings (SSSR count). The Labute approximate surface area is 108 Å². The molecule has 0 radical (unpaired) electrons. The third-order valence-corrected chi connectivity index (χ3v) is 3.07. The first-order chi connectivity index (χ1) is 8.74. The molecular formula is C15H16BNO. The number of carbonyl (C=O) groups excluding carboxylic acids is 1. The summed E-state index contributed by atoms with van der Waals surface area (Å²) in [6.45, 7) is 0. The minimum atomic E-state index is -0.0529. The molecule has 0 bridgehead atoms. The van der Waals surface area contributed by atoms with Crippen LogP contribution in [-0.4, -0.2) is 20.8 Å². The Kier molecular flexibility index (Phi) is 3.83. The molecule has 1 N–H and O–H groups in total. The van der Waals surface area contributed by atoms with Gasteiger partial charge in [0.1, 0.15) is 7.85 Å². The van der Waals surface area contributed by atoms with Crippen molar-refractivity contribution >= 4 is 13.8 Å². The van der Waals surface area contributed by atoms with Crippen LogP contribution in [-0.2, 0) is 6.32 Å². The zero-order chi connectivity index (χ0) is 13.0. The van der Waals surface area contributed by atoms with Gasteiger partial charge in [0.25, 0.3) is 5.91 Å². The van der Waals surface area contributed by atoms with E-state index >= 15 is 0 Å². The van der Waals surface area contributed by atoms with Crippen LogP contribution in [0.25, 0.3) is 11.1 Å². The molecule has 18 heavy (non-hydrogen) atoms. The van der Waals surface area contributed by atoms with Crippen LogP contribution in [0, 0.1) is 0 Å². The van der Waals surface area contributed by atoms with Crippen molar-refractivity contribution in [3.8, 4) is 11.1 Å². The third-order valence-electron chi connectivity index (χ3n) is 3.07. The van der Waals surface area contributed by atoms with Crippen molar-refractivity contribution in [2.75, 3.05) is 7.05 Å². The molecule has 0 aliphatic rings. The summed E-state index contributed by atoms with van der Waals surface area (Å²) < 4.78 is 0. The van der Waals surface area contributed by atoms with Crippen molar-refractivity contribution in [3.63, 3.8) is 0 Å². The molecule has 2 nitrogen and oxygen atoms in total. The predicted molar refractivity (Wildman–Crippen MR) is 77.5 cm³/mol. The lowest BCUT2D eigenvalue weighted by molar-refractivity contribution is 0.0963. The molecule has 2 aromatic rings. The summed E-state index contributed by atoms with van der Waals surface area (Å²) in [4.78, 5) is 11.4. The van der Waals surface area contributed by atoms with Gasteiger partial charge in [0.15, 0.2) is 0 Å². The fraction of sp³-hybridized carbons (Fsp3) is 0.133. The van der Waals surface area contributed by atoms with Crippen molar-refractivity contribution in [2.24, 2.45) is 0 Å². The second-order valence-electron chi connectivity index (χ2n) is 4.21. The molecule has 0 fully saturated rings. The third kappa shape index (κ3) is 2.62. The summed E-state index contributed by atoms with van der Waals surface area (Å²) in [6, 6.07) is 16.2. The van der Waals surface area contributed by atoms with Crippen molar-refractivity contribution in [2.45, 2.75) is 6.32 Å². The molecule has 0 aromatic heterocycles. The molecular weight excluding hydrogens is 221 g/mol. The maximum absolute atomic E-state index is 11.4. The van der Waals surface area contributed by atoms with Crippen LogP contribution >= 0.6 is 0 Å². The maximum atomic E-state index is 11.4. The predicted octanol–water partition coefficient (Wildman–Crippen LogP) is 1.85. The molecule has 0 aliphatic carbocycles. The van der Waals surface area contributed by atoms with Gasteiger partial charge in [-0.1, -0.05) is 48.3 Å². The van der Waals surface area contributed by atoms with Crippen LogP contribution in [0.4, 0.5) is 0 Å². The highest BCUT2D eigenvalue weighted by atomic mass is 16.1. The topological polar surface area (TPSA) is 29.1 Å². The van der Waals surface area contributed by atoms with Gasteiger partial charge in [-0.15, -0.1) is 0 Å². The molecule has 2 aromatic carbocycles. The first-order valence-corrected chi connectivity index (χ1v) is 6.16. The lowest BCUT2D eigenvalue weighted by Crippen LogP contribution is -2.17. The van der Waals surface area contributed by atoms with E-state index in [1.807, 2.05) is 24.3 Å². The van der Waals surface area contributed by atoms with Crippen LogP contribution in [0.2, 0.25) is 0 Å². The minimum Gasteiger partial charge on any atom is -0.355 e. The van der Waals surface area contributed by atoms with Crippen molar-refractivity contribution in [3.05, 3.63) is 59.7 Å². The summed E-state index contributed by atoms with van der Waals surface area (Å²) in [5.74, 6) is -0.0529. The smallest absolute Gasteiger partial charge is 0.251 e. The molecule has 0 atom stereocenters. The molecule has 0 unspecified atom stereocenters. The van der Waals surface area contributed by atoms with Gasteiger partial charge in [-0.25, -0.2) is 0 Å². The zero-order valence-corrected chi connectivity index (χ0v) is 10.7. The van der Waals surface area contributed by atoms with E-state index in [1.54, 1.807) is 7.05 Å². The van der Waals surface area contributed by atoms with Gasteiger partial charge < -0.3 is 5.32 Å². The molecule has 90 valence electrons. The van der Waals surface area contributed by atoms with Gasteiger partial charge in [0, 0.05) is 12.6 Å². The monoisotopic (exact) mass is 237 g/mol. The van der Waals surface area contributed by atoms with Gasteiger partial charge in [-0.2, -0.15) is 0 Å². The normalized spacial score (nSPS) is 10.1. The van der Waals surface area contributed by atoms with E-state index in [-0.39, 0.29) is 5.91 Å². The Balaban J connectivity index is 2.25. The van der Waals surface area contributed by atoms with Crippen LogP contribution < -0.4 is 5.32 Å². The molecule has 0 spiro atoms. The molecule has 0 saturated carbocycles. The van der Waals surface area contributed by atoms with E-state index in [2.05, 4.69) is 37.4 Å². The number of nitrogens with one attached hydrogen (secondary N) is 1. The highest BCUT2D eigenvalue weighted by Crippen LogP contribution is 2.20. The van der Waals surface area contributed by atoms with Gasteiger partial charge in [0.2, 0.25) is 0 Å². The largest absolute Gasteiger partial charge is 0.355 e. The van der Waals surface area contributed by atoms with Crippen LogP contribution in [0.15, 0.2) is 48.5 Å². The van der Waals surface area contributed by atoms with E-state index in [0.717, 1.165) is 11.9 Å². The van der Waals surface area contributed by atoms with Crippen molar-refractivity contribution < 1.29 is 4.79 Å². The number of amides is 1. The summed E-state index contributed by atoms with van der Waals surface area (Å²) in [5.41, 5.74) is 4.33. The minimum absolute atomic E-state index is 0.0529. The summed E-state index contributed by atoms with van der Waals surface area (Å²) in [6.07, 6.45) is 1.05. The fourth-order valence-electron chi connectivity index (χ4n) is 1.89. The van der Waals surface area contributed by atoms with Gasteiger partial charge in [0.05, 0.1) is 0 Å². The zero-order valence-electron chi connectivity index (χ0n) is 10.7. The van der Waals surface area contributed by atoms with Gasteiger partial charge >= 0.3 is 0 Å². The number of carbonyl (C=O) groups is 1. The first kappa shape index (κ1) is 12.4. The fourth-order valence-corrected chi connectivity index (χ4v) is 1.89. The lowest BCUT2D eigenvalue weighted by Gasteiger charge is -2.05. The second kappa shape index (κ2) is 5.54. The Morgan fingerprint density at radius 3 is 1.94 bits per heavy atom. The van der Waals surface area contributed by atoms with Crippen LogP contribution in [0.1, 0.15) is 15.9 Å². The van der Waals surface area contributed by atoms with Crippen molar-refractivity contribution in [1.29, 1.82) is 0 Å². The quantitative estimate of drug-likeness (QED) is 0.811. The Bertz CT molecular complexity index is 531. The Morgan fingerprint density at radius 2 is 1.50 bits per heavy atom. The number of rotatable bonds is 3. The van der Waals surface area contributed by atoms with E-state index < -0.39 is 0 Å². The first-order valence-electron chi connectivity index (χ1n) is 6.16. The average molecular weight is 237 g/mol. The van der Waals surface area contributed by atoms with Crippen LogP contribution in [0.5, 0.6) is 0 Å². The lowest BCUT2D eigenvalue weighted by atomic mass is 9.95. The van der Waals surface area contributed by atoms with Crippen molar-refractivity contribution in [1.82, 2.24) is 5.32 Å². The summed E-state index contributed by atoms with van der Waals surface area (Å²) in [5, 5.41) is 2.62. The number of hydrogen-bond donors (Lipinski definition) is 1. The van der Waals surface area contributed by atoms with E-state index in [9.17, 15) is 4.79 Å². The molecule has 0 aliphatic heterocycles. The summed E-state index contributed by atoms with van der Waals surface area (Å²) in [7, 11) is 3.78. The van der Waals surface area contributed by atoms with E-state index in [1.165, 1.54) is 11.1 Å². The Hall–Kier alpha value is -2.03. The maximum Gasteiger partial charge on any atom is 0.251 e. The highest BCUT2D eigenvalue weighted by molar-refractivity contribution is 6.08. The SMILES string of the molecule is BCc1ccc(-c2ccc(C(=O)NC)cc2)cc1.